The zero-order chi connectivity index (χ0) is 18.9. The standard InChI is InChI=1S/C22H27NO3S/c1-25-16-15-23(22(24)17-26-18-9-4-2-5-10-18)20-13-8-14-21(20)27-19-11-6-3-7-12-19/h2-7,9-12,20-21H,8,13-17H2,1H3/t20-,21-/m1/s1. The zero-order valence-electron chi connectivity index (χ0n) is 15.8. The van der Waals surface area contributed by atoms with Crippen molar-refractivity contribution in [3.05, 3.63) is 60.7 Å². The second-order valence-corrected chi connectivity index (χ2v) is 7.96. The molecule has 1 aliphatic carbocycles. The molecule has 3 rings (SSSR count). The Labute approximate surface area is 165 Å². The summed E-state index contributed by atoms with van der Waals surface area (Å²) in [7, 11) is 1.67. The van der Waals surface area contributed by atoms with Crippen LogP contribution >= 0.6 is 11.8 Å². The van der Waals surface area contributed by atoms with Crippen LogP contribution in [0.15, 0.2) is 65.6 Å². The van der Waals surface area contributed by atoms with E-state index in [1.165, 1.54) is 4.90 Å². The highest BCUT2D eigenvalue weighted by Gasteiger charge is 2.35. The van der Waals surface area contributed by atoms with Crippen LogP contribution in [0.1, 0.15) is 19.3 Å². The van der Waals surface area contributed by atoms with E-state index in [-0.39, 0.29) is 18.6 Å². The van der Waals surface area contributed by atoms with E-state index >= 15 is 0 Å². The summed E-state index contributed by atoms with van der Waals surface area (Å²) in [5.74, 6) is 0.751. The van der Waals surface area contributed by atoms with Crippen LogP contribution < -0.4 is 4.74 Å². The van der Waals surface area contributed by atoms with Gasteiger partial charge in [-0.15, -0.1) is 11.8 Å². The third-order valence-corrected chi connectivity index (χ3v) is 6.21. The average Bonchev–Trinajstić information content (AvgIpc) is 3.16. The molecule has 4 nitrogen and oxygen atoms in total. The molecule has 27 heavy (non-hydrogen) atoms. The predicted octanol–water partition coefficient (Wildman–Crippen LogP) is 4.25. The van der Waals surface area contributed by atoms with E-state index < -0.39 is 0 Å². The number of thioether (sulfide) groups is 1. The van der Waals surface area contributed by atoms with Crippen LogP contribution in [0.4, 0.5) is 0 Å². The summed E-state index contributed by atoms with van der Waals surface area (Å²) in [6.45, 7) is 1.20. The second-order valence-electron chi connectivity index (χ2n) is 6.65. The minimum absolute atomic E-state index is 0.0291. The Morgan fingerprint density at radius 1 is 1.07 bits per heavy atom. The van der Waals surface area contributed by atoms with Crippen LogP contribution in [-0.2, 0) is 9.53 Å². The third-order valence-electron chi connectivity index (χ3n) is 4.81. The lowest BCUT2D eigenvalue weighted by Gasteiger charge is -2.33. The fourth-order valence-corrected chi connectivity index (χ4v) is 4.87. The van der Waals surface area contributed by atoms with Crippen molar-refractivity contribution in [2.45, 2.75) is 35.4 Å². The average molecular weight is 386 g/mol. The number of carbonyl (C=O) groups is 1. The van der Waals surface area contributed by atoms with Crippen LogP contribution in [0.25, 0.3) is 0 Å². The van der Waals surface area contributed by atoms with Crippen molar-refractivity contribution in [3.8, 4) is 5.75 Å². The fraction of sp³-hybridized carbons (Fsp3) is 0.409. The molecule has 0 aromatic heterocycles. The van der Waals surface area contributed by atoms with Gasteiger partial charge in [0.15, 0.2) is 6.61 Å². The zero-order valence-corrected chi connectivity index (χ0v) is 16.6. The molecule has 5 heteroatoms. The molecule has 0 aliphatic heterocycles. The number of hydrogen-bond donors (Lipinski definition) is 0. The van der Waals surface area contributed by atoms with E-state index in [2.05, 4.69) is 24.3 Å². The Morgan fingerprint density at radius 2 is 1.78 bits per heavy atom. The van der Waals surface area contributed by atoms with E-state index in [0.717, 1.165) is 25.0 Å². The summed E-state index contributed by atoms with van der Waals surface area (Å²) >= 11 is 1.88. The molecule has 2 aromatic rings. The van der Waals surface area contributed by atoms with Crippen molar-refractivity contribution in [2.75, 3.05) is 26.9 Å². The number of rotatable bonds is 9. The topological polar surface area (TPSA) is 38.8 Å². The Bertz CT molecular complexity index is 695. The van der Waals surface area contributed by atoms with Gasteiger partial charge >= 0.3 is 0 Å². The first kappa shape index (κ1) is 19.8. The van der Waals surface area contributed by atoms with Crippen molar-refractivity contribution in [2.24, 2.45) is 0 Å². The molecule has 1 amide bonds. The highest BCUT2D eigenvalue weighted by molar-refractivity contribution is 8.00. The van der Waals surface area contributed by atoms with E-state index in [1.54, 1.807) is 7.11 Å². The summed E-state index contributed by atoms with van der Waals surface area (Å²) in [5.41, 5.74) is 0. The fourth-order valence-electron chi connectivity index (χ4n) is 3.48. The lowest BCUT2D eigenvalue weighted by Crippen LogP contribution is -2.47. The second kappa shape index (κ2) is 10.4. The first-order valence-electron chi connectivity index (χ1n) is 9.46. The van der Waals surface area contributed by atoms with Gasteiger partial charge in [-0.3, -0.25) is 4.79 Å². The van der Waals surface area contributed by atoms with Gasteiger partial charge in [-0.05, 0) is 37.1 Å². The van der Waals surface area contributed by atoms with E-state index in [4.69, 9.17) is 9.47 Å². The van der Waals surface area contributed by atoms with Crippen LogP contribution in [0, 0.1) is 0 Å². The quantitative estimate of drug-likeness (QED) is 0.647. The van der Waals surface area contributed by atoms with Gasteiger partial charge in [-0.2, -0.15) is 0 Å². The summed E-state index contributed by atoms with van der Waals surface area (Å²) < 4.78 is 11.0. The van der Waals surface area contributed by atoms with Gasteiger partial charge < -0.3 is 14.4 Å². The van der Waals surface area contributed by atoms with Crippen molar-refractivity contribution < 1.29 is 14.3 Å². The number of hydrogen-bond acceptors (Lipinski definition) is 4. The van der Waals surface area contributed by atoms with Gasteiger partial charge in [0.1, 0.15) is 5.75 Å². The molecule has 0 spiro atoms. The minimum atomic E-state index is 0.0291. The van der Waals surface area contributed by atoms with Gasteiger partial charge in [0.2, 0.25) is 0 Å². The lowest BCUT2D eigenvalue weighted by molar-refractivity contribution is -0.136. The number of carbonyl (C=O) groups excluding carboxylic acids is 1. The van der Waals surface area contributed by atoms with Gasteiger partial charge in [0.25, 0.3) is 5.91 Å². The molecule has 0 radical (unpaired) electrons. The molecule has 2 aromatic carbocycles. The smallest absolute Gasteiger partial charge is 0.260 e. The number of benzene rings is 2. The van der Waals surface area contributed by atoms with Crippen LogP contribution in [0.3, 0.4) is 0 Å². The van der Waals surface area contributed by atoms with Gasteiger partial charge in [0.05, 0.1) is 6.61 Å². The number of ether oxygens (including phenoxy) is 2. The molecule has 144 valence electrons. The van der Waals surface area contributed by atoms with Crippen molar-refractivity contribution in [3.63, 3.8) is 0 Å². The van der Waals surface area contributed by atoms with Gasteiger partial charge in [0, 0.05) is 29.8 Å². The molecule has 1 fully saturated rings. The Balaban J connectivity index is 1.65. The Kier molecular flexibility index (Phi) is 7.60. The largest absolute Gasteiger partial charge is 0.484 e. The maximum atomic E-state index is 12.9. The summed E-state index contributed by atoms with van der Waals surface area (Å²) in [4.78, 5) is 16.2. The number of methoxy groups -OCH3 is 1. The highest BCUT2D eigenvalue weighted by atomic mass is 32.2. The van der Waals surface area contributed by atoms with E-state index in [0.29, 0.717) is 18.4 Å². The third kappa shape index (κ3) is 5.75. The maximum absolute atomic E-state index is 12.9. The number of amides is 1. The molecule has 0 N–H and O–H groups in total. The normalized spacial score (nSPS) is 19.0. The number of para-hydroxylation sites is 1. The molecule has 0 saturated heterocycles. The molecule has 0 bridgehead atoms. The Hall–Kier alpha value is -1.98. The molecular formula is C22H27NO3S. The monoisotopic (exact) mass is 385 g/mol. The molecule has 0 unspecified atom stereocenters. The summed E-state index contributed by atoms with van der Waals surface area (Å²) in [6.07, 6.45) is 3.30. The van der Waals surface area contributed by atoms with Crippen LogP contribution in [0.2, 0.25) is 0 Å². The van der Waals surface area contributed by atoms with E-state index in [1.807, 2.05) is 53.1 Å². The van der Waals surface area contributed by atoms with Gasteiger partial charge in [-0.1, -0.05) is 42.8 Å². The lowest BCUT2D eigenvalue weighted by atomic mass is 10.2. The molecule has 0 heterocycles. The van der Waals surface area contributed by atoms with Gasteiger partial charge in [-0.25, -0.2) is 0 Å². The predicted molar refractivity (Wildman–Crippen MR) is 109 cm³/mol. The highest BCUT2D eigenvalue weighted by Crippen LogP contribution is 2.37. The van der Waals surface area contributed by atoms with Crippen molar-refractivity contribution in [1.29, 1.82) is 0 Å². The minimum Gasteiger partial charge on any atom is -0.484 e. The molecular weight excluding hydrogens is 358 g/mol. The molecule has 1 aliphatic rings. The summed E-state index contributed by atoms with van der Waals surface area (Å²) in [6, 6.07) is 20.2. The first-order valence-corrected chi connectivity index (χ1v) is 10.3. The maximum Gasteiger partial charge on any atom is 0.260 e. The SMILES string of the molecule is COCCN(C(=O)COc1ccccc1)[C@@H]1CCC[C@H]1Sc1ccccc1. The molecule has 1 saturated carbocycles. The number of nitrogens with zero attached hydrogens (tertiary/aromatic N) is 1. The first-order chi connectivity index (χ1) is 13.3. The van der Waals surface area contributed by atoms with Crippen molar-refractivity contribution in [1.82, 2.24) is 4.90 Å². The van der Waals surface area contributed by atoms with E-state index in [9.17, 15) is 4.79 Å². The Morgan fingerprint density at radius 3 is 2.48 bits per heavy atom. The van der Waals surface area contributed by atoms with Crippen LogP contribution in [-0.4, -0.2) is 49.0 Å². The van der Waals surface area contributed by atoms with Crippen LogP contribution in [0.5, 0.6) is 5.75 Å². The summed E-state index contributed by atoms with van der Waals surface area (Å²) in [5, 5.41) is 0.407. The molecule has 2 atom stereocenters. The van der Waals surface area contributed by atoms with Crippen molar-refractivity contribution >= 4 is 17.7 Å².